The molecule has 0 radical (unpaired) electrons. The summed E-state index contributed by atoms with van der Waals surface area (Å²) in [6, 6.07) is 4.60. The van der Waals surface area contributed by atoms with E-state index >= 15 is 0 Å². The lowest BCUT2D eigenvalue weighted by Crippen LogP contribution is -2.48. The number of aromatic nitrogens is 2. The zero-order chi connectivity index (χ0) is 16.4. The molecule has 0 atom stereocenters. The number of nitrogens with one attached hydrogen (secondary N) is 2. The summed E-state index contributed by atoms with van der Waals surface area (Å²) < 4.78 is 26.9. The van der Waals surface area contributed by atoms with Gasteiger partial charge in [0.1, 0.15) is 0 Å². The van der Waals surface area contributed by atoms with E-state index in [9.17, 15) is 13.2 Å². The Morgan fingerprint density at radius 2 is 1.78 bits per heavy atom. The number of aromatic amines is 2. The third-order valence-electron chi connectivity index (χ3n) is 4.09. The third-order valence-corrected chi connectivity index (χ3v) is 5.98. The molecule has 1 aromatic carbocycles. The maximum Gasteiger partial charge on any atom is 0.323 e. The summed E-state index contributed by atoms with van der Waals surface area (Å²) >= 11 is 0. The fourth-order valence-electron chi connectivity index (χ4n) is 2.81. The van der Waals surface area contributed by atoms with Gasteiger partial charge in [0, 0.05) is 39.3 Å². The number of nitrogens with zero attached hydrogens (tertiary/aromatic N) is 2. The van der Waals surface area contributed by atoms with Gasteiger partial charge in [-0.2, -0.15) is 4.31 Å². The Hall–Kier alpha value is -1.68. The minimum atomic E-state index is -3.57. The first kappa shape index (κ1) is 16.2. The Kier molecular flexibility index (Phi) is 4.53. The van der Waals surface area contributed by atoms with Crippen LogP contribution in [0.25, 0.3) is 11.0 Å². The minimum Gasteiger partial charge on any atom is -0.396 e. The van der Waals surface area contributed by atoms with Gasteiger partial charge in [0.15, 0.2) is 0 Å². The average molecular weight is 340 g/mol. The molecule has 3 N–H and O–H groups in total. The molecule has 0 amide bonds. The number of hydrogen-bond acceptors (Lipinski definition) is 5. The first-order valence-electron chi connectivity index (χ1n) is 7.56. The number of aliphatic hydroxyl groups is 1. The standard InChI is InChI=1S/C14H20N4O4S/c19-9-1-4-17-5-7-18(8-6-17)23(21,22)11-2-3-12-13(10-11)16-14(20)15-12/h2-3,10,19H,1,4-9H2,(H2,15,16,20). The van der Waals surface area contributed by atoms with Crippen molar-refractivity contribution in [2.75, 3.05) is 39.3 Å². The highest BCUT2D eigenvalue weighted by Crippen LogP contribution is 2.20. The molecule has 0 unspecified atom stereocenters. The second kappa shape index (κ2) is 6.44. The summed E-state index contributed by atoms with van der Waals surface area (Å²) in [6.07, 6.45) is 0.699. The zero-order valence-corrected chi connectivity index (χ0v) is 13.5. The van der Waals surface area contributed by atoms with Crippen LogP contribution in [0.4, 0.5) is 0 Å². The molecule has 2 heterocycles. The number of piperazine rings is 1. The Bertz CT molecular complexity index is 834. The van der Waals surface area contributed by atoms with Crippen molar-refractivity contribution >= 4 is 21.1 Å². The van der Waals surface area contributed by atoms with E-state index in [2.05, 4.69) is 14.9 Å². The van der Waals surface area contributed by atoms with Crippen molar-refractivity contribution in [1.82, 2.24) is 19.2 Å². The van der Waals surface area contributed by atoms with Gasteiger partial charge >= 0.3 is 5.69 Å². The number of sulfonamides is 1. The highest BCUT2D eigenvalue weighted by molar-refractivity contribution is 7.89. The molecule has 0 bridgehead atoms. The maximum absolute atomic E-state index is 12.7. The van der Waals surface area contributed by atoms with Crippen LogP contribution in [0.1, 0.15) is 6.42 Å². The molecule has 0 spiro atoms. The molecule has 1 saturated heterocycles. The molecule has 2 aromatic rings. The van der Waals surface area contributed by atoms with Crippen LogP contribution in [0.5, 0.6) is 0 Å². The molecule has 1 aliphatic rings. The normalized spacial score (nSPS) is 17.8. The van der Waals surface area contributed by atoms with Crippen molar-refractivity contribution in [3.8, 4) is 0 Å². The van der Waals surface area contributed by atoms with Gasteiger partial charge in [-0.1, -0.05) is 0 Å². The zero-order valence-electron chi connectivity index (χ0n) is 12.7. The van der Waals surface area contributed by atoms with Crippen LogP contribution in [-0.2, 0) is 10.0 Å². The number of H-pyrrole nitrogens is 2. The molecule has 1 aromatic heterocycles. The molecule has 9 heteroatoms. The van der Waals surface area contributed by atoms with Crippen molar-refractivity contribution in [1.29, 1.82) is 0 Å². The fourth-order valence-corrected chi connectivity index (χ4v) is 4.26. The summed E-state index contributed by atoms with van der Waals surface area (Å²) in [7, 11) is -3.57. The molecule has 23 heavy (non-hydrogen) atoms. The predicted molar refractivity (Wildman–Crippen MR) is 85.8 cm³/mol. The lowest BCUT2D eigenvalue weighted by atomic mass is 10.3. The van der Waals surface area contributed by atoms with Gasteiger partial charge in [-0.05, 0) is 24.6 Å². The smallest absolute Gasteiger partial charge is 0.323 e. The predicted octanol–water partition coefficient (Wildman–Crippen LogP) is -0.455. The molecular weight excluding hydrogens is 320 g/mol. The second-order valence-corrected chi connectivity index (χ2v) is 7.55. The van der Waals surface area contributed by atoms with Crippen LogP contribution in [-0.4, -0.2) is 72.0 Å². The van der Waals surface area contributed by atoms with Crippen molar-refractivity contribution in [2.45, 2.75) is 11.3 Å². The molecule has 126 valence electrons. The number of rotatable bonds is 5. The van der Waals surface area contributed by atoms with E-state index < -0.39 is 10.0 Å². The van der Waals surface area contributed by atoms with E-state index in [-0.39, 0.29) is 17.2 Å². The van der Waals surface area contributed by atoms with Crippen LogP contribution < -0.4 is 5.69 Å². The second-order valence-electron chi connectivity index (χ2n) is 5.61. The molecule has 0 saturated carbocycles. The maximum atomic E-state index is 12.7. The summed E-state index contributed by atoms with van der Waals surface area (Å²) in [6.45, 7) is 3.09. The summed E-state index contributed by atoms with van der Waals surface area (Å²) in [5, 5.41) is 8.85. The first-order chi connectivity index (χ1) is 11.0. The van der Waals surface area contributed by atoms with Gasteiger partial charge in [0.05, 0.1) is 15.9 Å². The van der Waals surface area contributed by atoms with E-state index in [0.717, 1.165) is 6.54 Å². The van der Waals surface area contributed by atoms with Gasteiger partial charge in [-0.3, -0.25) is 0 Å². The van der Waals surface area contributed by atoms with Crippen LogP contribution >= 0.6 is 0 Å². The average Bonchev–Trinajstić information content (AvgIpc) is 2.92. The van der Waals surface area contributed by atoms with Crippen LogP contribution in [0, 0.1) is 0 Å². The fraction of sp³-hybridized carbons (Fsp3) is 0.500. The van der Waals surface area contributed by atoms with E-state index in [1.807, 2.05) is 0 Å². The van der Waals surface area contributed by atoms with E-state index in [0.29, 0.717) is 43.6 Å². The van der Waals surface area contributed by atoms with E-state index in [4.69, 9.17) is 5.11 Å². The number of fused-ring (bicyclic) bond motifs is 1. The third kappa shape index (κ3) is 3.32. The first-order valence-corrected chi connectivity index (χ1v) is 9.00. The quantitative estimate of drug-likeness (QED) is 0.683. The molecule has 1 aliphatic heterocycles. The van der Waals surface area contributed by atoms with Gasteiger partial charge in [0.2, 0.25) is 10.0 Å². The molecule has 1 fully saturated rings. The Morgan fingerprint density at radius 1 is 1.09 bits per heavy atom. The SMILES string of the molecule is O=c1[nH]c2ccc(S(=O)(=O)N3CCN(CCCO)CC3)cc2[nH]1. The van der Waals surface area contributed by atoms with Crippen molar-refractivity contribution in [2.24, 2.45) is 0 Å². The molecule has 0 aliphatic carbocycles. The summed E-state index contributed by atoms with van der Waals surface area (Å²) in [5.74, 6) is 0. The number of imidazole rings is 1. The molecule has 8 nitrogen and oxygen atoms in total. The topological polar surface area (TPSA) is 110 Å². The Labute approximate surface area is 133 Å². The van der Waals surface area contributed by atoms with Gasteiger partial charge in [-0.15, -0.1) is 0 Å². The van der Waals surface area contributed by atoms with Crippen molar-refractivity contribution in [3.63, 3.8) is 0 Å². The largest absolute Gasteiger partial charge is 0.396 e. The Balaban J connectivity index is 1.76. The van der Waals surface area contributed by atoms with Crippen LogP contribution in [0.3, 0.4) is 0 Å². The number of hydrogen-bond donors (Lipinski definition) is 3. The monoisotopic (exact) mass is 340 g/mol. The highest BCUT2D eigenvalue weighted by Gasteiger charge is 2.28. The van der Waals surface area contributed by atoms with E-state index in [1.54, 1.807) is 6.07 Å². The van der Waals surface area contributed by atoms with Crippen LogP contribution in [0.15, 0.2) is 27.9 Å². The summed E-state index contributed by atoms with van der Waals surface area (Å²) in [5.41, 5.74) is 0.715. The Morgan fingerprint density at radius 3 is 2.48 bits per heavy atom. The van der Waals surface area contributed by atoms with Gasteiger partial charge in [-0.25, -0.2) is 13.2 Å². The van der Waals surface area contributed by atoms with Gasteiger partial charge < -0.3 is 20.0 Å². The molecule has 3 rings (SSSR count). The number of benzene rings is 1. The van der Waals surface area contributed by atoms with Gasteiger partial charge in [0.25, 0.3) is 0 Å². The van der Waals surface area contributed by atoms with Crippen molar-refractivity contribution < 1.29 is 13.5 Å². The molecular formula is C14H20N4O4S. The highest BCUT2D eigenvalue weighted by atomic mass is 32.2. The van der Waals surface area contributed by atoms with Crippen LogP contribution in [0.2, 0.25) is 0 Å². The number of aliphatic hydroxyl groups excluding tert-OH is 1. The minimum absolute atomic E-state index is 0.146. The summed E-state index contributed by atoms with van der Waals surface area (Å²) in [4.78, 5) is 18.8. The lowest BCUT2D eigenvalue weighted by molar-refractivity contribution is 0.171. The van der Waals surface area contributed by atoms with Crippen molar-refractivity contribution in [3.05, 3.63) is 28.7 Å². The van der Waals surface area contributed by atoms with E-state index in [1.165, 1.54) is 16.4 Å². The lowest BCUT2D eigenvalue weighted by Gasteiger charge is -2.33.